The summed E-state index contributed by atoms with van der Waals surface area (Å²) in [6.07, 6.45) is 6.49. The van der Waals surface area contributed by atoms with Gasteiger partial charge in [-0.05, 0) is 51.7 Å². The second-order valence-electron chi connectivity index (χ2n) is 6.00. The Kier molecular flexibility index (Phi) is 9.62. The molecule has 0 spiro atoms. The number of amides is 1. The second kappa shape index (κ2) is 11.3. The smallest absolute Gasteiger partial charge is 0.220 e. The number of rotatable bonds is 9. The Balaban J connectivity index is 2.02. The molecule has 0 aromatic rings. The standard InChI is InChI=1S/C16H33N5O/c1-3-4-9-19-16(18-2)20-10-5-6-11-21-12-7-14(8-13-21)15(17)22/h14H,3-13H2,1-2H3,(H2,17,22)(H2,18,19,20). The van der Waals surface area contributed by atoms with Crippen molar-refractivity contribution in [1.82, 2.24) is 15.5 Å². The lowest BCUT2D eigenvalue weighted by Gasteiger charge is -2.30. The lowest BCUT2D eigenvalue weighted by molar-refractivity contribution is -0.123. The van der Waals surface area contributed by atoms with E-state index in [4.69, 9.17) is 5.73 Å². The summed E-state index contributed by atoms with van der Waals surface area (Å²) in [7, 11) is 1.81. The third-order valence-corrected chi connectivity index (χ3v) is 4.23. The third-order valence-electron chi connectivity index (χ3n) is 4.23. The van der Waals surface area contributed by atoms with Crippen LogP contribution in [-0.2, 0) is 4.79 Å². The molecule has 1 rings (SSSR count). The van der Waals surface area contributed by atoms with Gasteiger partial charge in [-0.25, -0.2) is 0 Å². The van der Waals surface area contributed by atoms with Crippen LogP contribution < -0.4 is 16.4 Å². The van der Waals surface area contributed by atoms with E-state index in [1.54, 1.807) is 0 Å². The zero-order chi connectivity index (χ0) is 16.2. The zero-order valence-electron chi connectivity index (χ0n) is 14.2. The van der Waals surface area contributed by atoms with Crippen LogP contribution >= 0.6 is 0 Å². The number of nitrogens with zero attached hydrogens (tertiary/aromatic N) is 2. The molecule has 128 valence electrons. The summed E-state index contributed by atoms with van der Waals surface area (Å²) >= 11 is 0. The first kappa shape index (κ1) is 18.7. The summed E-state index contributed by atoms with van der Waals surface area (Å²) in [4.78, 5) is 17.8. The lowest BCUT2D eigenvalue weighted by Crippen LogP contribution is -2.40. The van der Waals surface area contributed by atoms with Gasteiger partial charge in [0.1, 0.15) is 0 Å². The molecule has 1 saturated heterocycles. The molecule has 0 bridgehead atoms. The van der Waals surface area contributed by atoms with Crippen LogP contribution in [0.1, 0.15) is 45.4 Å². The molecule has 1 heterocycles. The van der Waals surface area contributed by atoms with Gasteiger partial charge in [-0.2, -0.15) is 0 Å². The number of carbonyl (C=O) groups excluding carboxylic acids is 1. The summed E-state index contributed by atoms with van der Waals surface area (Å²) in [5, 5.41) is 6.66. The van der Waals surface area contributed by atoms with E-state index >= 15 is 0 Å². The van der Waals surface area contributed by atoms with E-state index < -0.39 is 0 Å². The van der Waals surface area contributed by atoms with E-state index in [1.165, 1.54) is 19.3 Å². The largest absolute Gasteiger partial charge is 0.369 e. The lowest BCUT2D eigenvalue weighted by atomic mass is 9.96. The van der Waals surface area contributed by atoms with Crippen molar-refractivity contribution < 1.29 is 4.79 Å². The van der Waals surface area contributed by atoms with Crippen LogP contribution in [0.4, 0.5) is 0 Å². The monoisotopic (exact) mass is 311 g/mol. The number of primary amides is 1. The fraction of sp³-hybridized carbons (Fsp3) is 0.875. The van der Waals surface area contributed by atoms with Crippen LogP contribution in [0.5, 0.6) is 0 Å². The van der Waals surface area contributed by atoms with Crippen molar-refractivity contribution in [3.8, 4) is 0 Å². The van der Waals surface area contributed by atoms with Gasteiger partial charge in [-0.3, -0.25) is 9.79 Å². The van der Waals surface area contributed by atoms with E-state index in [2.05, 4.69) is 27.4 Å². The van der Waals surface area contributed by atoms with Gasteiger partial charge in [0.15, 0.2) is 5.96 Å². The topological polar surface area (TPSA) is 82.8 Å². The average Bonchev–Trinajstić information content (AvgIpc) is 2.53. The Labute approximate surface area is 134 Å². The molecule has 0 unspecified atom stereocenters. The van der Waals surface area contributed by atoms with Crippen LogP contribution in [0.3, 0.4) is 0 Å². The number of piperidine rings is 1. The van der Waals surface area contributed by atoms with Gasteiger partial charge < -0.3 is 21.3 Å². The predicted molar refractivity (Wildman–Crippen MR) is 91.9 cm³/mol. The van der Waals surface area contributed by atoms with Gasteiger partial charge in [0.05, 0.1) is 0 Å². The maximum Gasteiger partial charge on any atom is 0.220 e. The highest BCUT2D eigenvalue weighted by Gasteiger charge is 2.22. The van der Waals surface area contributed by atoms with E-state index in [-0.39, 0.29) is 11.8 Å². The summed E-state index contributed by atoms with van der Waals surface area (Å²) in [6, 6.07) is 0. The molecule has 4 N–H and O–H groups in total. The van der Waals surface area contributed by atoms with Crippen molar-refractivity contribution in [1.29, 1.82) is 0 Å². The van der Waals surface area contributed by atoms with Crippen LogP contribution in [0, 0.1) is 5.92 Å². The fourth-order valence-corrected chi connectivity index (χ4v) is 2.71. The highest BCUT2D eigenvalue weighted by Crippen LogP contribution is 2.16. The number of guanidine groups is 1. The number of carbonyl (C=O) groups is 1. The number of unbranched alkanes of at least 4 members (excludes halogenated alkanes) is 2. The molecule has 1 aliphatic rings. The van der Waals surface area contributed by atoms with Crippen molar-refractivity contribution in [2.75, 3.05) is 39.8 Å². The molecule has 0 saturated carbocycles. The summed E-state index contributed by atoms with van der Waals surface area (Å²) in [5.41, 5.74) is 5.35. The van der Waals surface area contributed by atoms with E-state index in [0.717, 1.165) is 57.9 Å². The number of nitrogens with one attached hydrogen (secondary N) is 2. The average molecular weight is 311 g/mol. The highest BCUT2D eigenvalue weighted by molar-refractivity contribution is 5.79. The molecule has 0 aliphatic carbocycles. The van der Waals surface area contributed by atoms with Crippen LogP contribution in [0.25, 0.3) is 0 Å². The Morgan fingerprint density at radius 3 is 2.36 bits per heavy atom. The van der Waals surface area contributed by atoms with Gasteiger partial charge in [0, 0.05) is 26.1 Å². The molecule has 6 heteroatoms. The Morgan fingerprint density at radius 1 is 1.18 bits per heavy atom. The van der Waals surface area contributed by atoms with Crippen molar-refractivity contribution in [2.24, 2.45) is 16.6 Å². The Hall–Kier alpha value is -1.30. The van der Waals surface area contributed by atoms with Gasteiger partial charge in [0.2, 0.25) is 5.91 Å². The Bertz CT molecular complexity index is 337. The molecule has 0 radical (unpaired) electrons. The highest BCUT2D eigenvalue weighted by atomic mass is 16.1. The van der Waals surface area contributed by atoms with Gasteiger partial charge in [-0.1, -0.05) is 13.3 Å². The van der Waals surface area contributed by atoms with Crippen LogP contribution in [0.2, 0.25) is 0 Å². The normalized spacial score (nSPS) is 17.5. The number of nitrogens with two attached hydrogens (primary N) is 1. The van der Waals surface area contributed by atoms with E-state index in [0.29, 0.717) is 0 Å². The number of hydrogen-bond acceptors (Lipinski definition) is 3. The minimum atomic E-state index is -0.134. The van der Waals surface area contributed by atoms with Crippen LogP contribution in [-0.4, -0.2) is 56.5 Å². The quantitative estimate of drug-likeness (QED) is 0.336. The van der Waals surface area contributed by atoms with Crippen LogP contribution in [0.15, 0.2) is 4.99 Å². The molecular formula is C16H33N5O. The zero-order valence-corrected chi connectivity index (χ0v) is 14.2. The maximum absolute atomic E-state index is 11.1. The van der Waals surface area contributed by atoms with Gasteiger partial charge >= 0.3 is 0 Å². The number of likely N-dealkylation sites (tertiary alicyclic amines) is 1. The first-order valence-corrected chi connectivity index (χ1v) is 8.63. The minimum absolute atomic E-state index is 0.0930. The molecule has 1 amide bonds. The van der Waals surface area contributed by atoms with E-state index in [9.17, 15) is 4.79 Å². The molecule has 1 fully saturated rings. The first-order chi connectivity index (χ1) is 10.7. The Morgan fingerprint density at radius 2 is 1.82 bits per heavy atom. The van der Waals surface area contributed by atoms with Gasteiger partial charge in [-0.15, -0.1) is 0 Å². The molecule has 0 aromatic carbocycles. The first-order valence-electron chi connectivity index (χ1n) is 8.63. The summed E-state index contributed by atoms with van der Waals surface area (Å²) in [6.45, 7) is 7.22. The molecular weight excluding hydrogens is 278 g/mol. The van der Waals surface area contributed by atoms with E-state index in [1.807, 2.05) is 7.05 Å². The maximum atomic E-state index is 11.1. The number of aliphatic imine (C=N–C) groups is 1. The summed E-state index contributed by atoms with van der Waals surface area (Å²) in [5.74, 6) is 0.858. The molecule has 0 aromatic heterocycles. The SMILES string of the molecule is CCCCNC(=NC)NCCCCN1CCC(C(N)=O)CC1. The fourth-order valence-electron chi connectivity index (χ4n) is 2.71. The number of hydrogen-bond donors (Lipinski definition) is 3. The third kappa shape index (κ3) is 7.64. The minimum Gasteiger partial charge on any atom is -0.369 e. The van der Waals surface area contributed by atoms with Crippen molar-refractivity contribution >= 4 is 11.9 Å². The van der Waals surface area contributed by atoms with Gasteiger partial charge in [0.25, 0.3) is 0 Å². The summed E-state index contributed by atoms with van der Waals surface area (Å²) < 4.78 is 0. The molecule has 22 heavy (non-hydrogen) atoms. The predicted octanol–water partition coefficient (Wildman–Crippen LogP) is 0.929. The molecule has 0 atom stereocenters. The van der Waals surface area contributed by atoms with Crippen molar-refractivity contribution in [2.45, 2.75) is 45.4 Å². The molecule has 1 aliphatic heterocycles. The van der Waals surface area contributed by atoms with Crippen molar-refractivity contribution in [3.05, 3.63) is 0 Å². The second-order valence-corrected chi connectivity index (χ2v) is 6.00. The van der Waals surface area contributed by atoms with Crippen molar-refractivity contribution in [3.63, 3.8) is 0 Å². The molecule has 6 nitrogen and oxygen atoms in total.